The molecule has 0 aliphatic heterocycles. The minimum absolute atomic E-state index is 0.135. The zero-order valence-corrected chi connectivity index (χ0v) is 11.1. The summed E-state index contributed by atoms with van der Waals surface area (Å²) in [6.45, 7) is 0. The Morgan fingerprint density at radius 2 is 1.90 bits per heavy atom. The number of methoxy groups -OCH3 is 1. The van der Waals surface area contributed by atoms with E-state index in [1.807, 2.05) is 0 Å². The molecule has 0 saturated carbocycles. The maximum absolute atomic E-state index is 13.7. The minimum Gasteiger partial charge on any atom is -0.494 e. The number of halogens is 2. The van der Waals surface area contributed by atoms with Gasteiger partial charge in [-0.15, -0.1) is 0 Å². The second-order valence-corrected chi connectivity index (χ2v) is 4.41. The van der Waals surface area contributed by atoms with Crippen LogP contribution in [0.5, 0.6) is 5.75 Å². The minimum atomic E-state index is -0.446. The smallest absolute Gasteiger partial charge is 0.165 e. The van der Waals surface area contributed by atoms with Crippen LogP contribution in [0.15, 0.2) is 42.5 Å². The number of nitrogens with one attached hydrogen (secondary N) is 1. The van der Waals surface area contributed by atoms with E-state index in [1.54, 1.807) is 30.3 Å². The van der Waals surface area contributed by atoms with Gasteiger partial charge in [-0.3, -0.25) is 11.3 Å². The first-order valence-corrected chi connectivity index (χ1v) is 6.18. The van der Waals surface area contributed by atoms with Crippen molar-refractivity contribution in [3.63, 3.8) is 0 Å². The first-order valence-electron chi connectivity index (χ1n) is 6.18. The summed E-state index contributed by atoms with van der Waals surface area (Å²) in [5.41, 5.74) is 3.89. The number of nitrogens with two attached hydrogens (primary N) is 1. The Hall–Kier alpha value is -1.98. The fraction of sp³-hybridized carbons (Fsp3) is 0.200. The lowest BCUT2D eigenvalue weighted by Crippen LogP contribution is -2.29. The molecule has 0 saturated heterocycles. The molecule has 1 unspecified atom stereocenters. The van der Waals surface area contributed by atoms with E-state index in [9.17, 15) is 8.78 Å². The summed E-state index contributed by atoms with van der Waals surface area (Å²) >= 11 is 0. The van der Waals surface area contributed by atoms with Gasteiger partial charge >= 0.3 is 0 Å². The second-order valence-electron chi connectivity index (χ2n) is 4.41. The first kappa shape index (κ1) is 14.4. The summed E-state index contributed by atoms with van der Waals surface area (Å²) in [5.74, 6) is 4.92. The first-order chi connectivity index (χ1) is 9.65. The van der Waals surface area contributed by atoms with Crippen molar-refractivity contribution in [3.05, 3.63) is 65.2 Å². The molecule has 0 fully saturated rings. The molecule has 3 nitrogen and oxygen atoms in total. The van der Waals surface area contributed by atoms with E-state index < -0.39 is 5.82 Å². The number of hydrogen-bond acceptors (Lipinski definition) is 3. The van der Waals surface area contributed by atoms with E-state index >= 15 is 0 Å². The molecule has 0 amide bonds. The Kier molecular flexibility index (Phi) is 4.65. The lowest BCUT2D eigenvalue weighted by Gasteiger charge is -2.17. The predicted octanol–water partition coefficient (Wildman–Crippen LogP) is 2.72. The highest BCUT2D eigenvalue weighted by Gasteiger charge is 2.15. The van der Waals surface area contributed by atoms with Crippen LogP contribution in [0.2, 0.25) is 0 Å². The summed E-state index contributed by atoms with van der Waals surface area (Å²) in [7, 11) is 1.39. The van der Waals surface area contributed by atoms with Crippen LogP contribution >= 0.6 is 0 Å². The Morgan fingerprint density at radius 1 is 1.15 bits per heavy atom. The molecule has 0 aromatic heterocycles. The fourth-order valence-corrected chi connectivity index (χ4v) is 2.05. The van der Waals surface area contributed by atoms with Crippen LogP contribution in [0.3, 0.4) is 0 Å². The van der Waals surface area contributed by atoms with Gasteiger partial charge in [0.15, 0.2) is 11.6 Å². The Labute approximate surface area is 116 Å². The van der Waals surface area contributed by atoms with Crippen molar-refractivity contribution in [2.45, 2.75) is 12.5 Å². The lowest BCUT2D eigenvalue weighted by molar-refractivity contribution is 0.384. The molecule has 0 heterocycles. The third-order valence-corrected chi connectivity index (χ3v) is 3.16. The highest BCUT2D eigenvalue weighted by Crippen LogP contribution is 2.25. The van der Waals surface area contributed by atoms with E-state index in [1.165, 1.54) is 19.2 Å². The van der Waals surface area contributed by atoms with Crippen molar-refractivity contribution in [1.82, 2.24) is 5.43 Å². The molecule has 2 rings (SSSR count). The zero-order chi connectivity index (χ0) is 14.5. The third kappa shape index (κ3) is 3.12. The molecule has 1 atom stereocenters. The zero-order valence-electron chi connectivity index (χ0n) is 11.1. The number of benzene rings is 2. The molecule has 0 spiro atoms. The Bertz CT molecular complexity index is 590. The number of hydrazine groups is 1. The monoisotopic (exact) mass is 278 g/mol. The quantitative estimate of drug-likeness (QED) is 0.653. The molecule has 2 aromatic rings. The molecule has 2 aromatic carbocycles. The van der Waals surface area contributed by atoms with E-state index in [2.05, 4.69) is 5.43 Å². The molecule has 0 radical (unpaired) electrons. The largest absolute Gasteiger partial charge is 0.494 e. The van der Waals surface area contributed by atoms with Crippen LogP contribution in [-0.2, 0) is 6.42 Å². The highest BCUT2D eigenvalue weighted by molar-refractivity contribution is 5.33. The van der Waals surface area contributed by atoms with Gasteiger partial charge in [0.25, 0.3) is 0 Å². The summed E-state index contributed by atoms with van der Waals surface area (Å²) in [5, 5.41) is 0. The lowest BCUT2D eigenvalue weighted by atomic mass is 9.99. The summed E-state index contributed by atoms with van der Waals surface area (Å²) in [6, 6.07) is 10.6. The van der Waals surface area contributed by atoms with E-state index in [-0.39, 0.29) is 17.6 Å². The average Bonchev–Trinajstić information content (AvgIpc) is 2.47. The topological polar surface area (TPSA) is 47.3 Å². The number of ether oxygens (including phenoxy) is 1. The number of rotatable bonds is 5. The summed E-state index contributed by atoms with van der Waals surface area (Å²) in [6.07, 6.45) is 0.359. The van der Waals surface area contributed by atoms with Gasteiger partial charge in [0.2, 0.25) is 0 Å². The molecule has 106 valence electrons. The third-order valence-electron chi connectivity index (χ3n) is 3.16. The normalized spacial score (nSPS) is 12.2. The van der Waals surface area contributed by atoms with Crippen molar-refractivity contribution in [1.29, 1.82) is 0 Å². The molecule has 0 aliphatic rings. The van der Waals surface area contributed by atoms with Crippen LogP contribution in [0.25, 0.3) is 0 Å². The molecular weight excluding hydrogens is 262 g/mol. The van der Waals surface area contributed by atoms with Gasteiger partial charge in [0.1, 0.15) is 5.82 Å². The van der Waals surface area contributed by atoms with Crippen LogP contribution in [0, 0.1) is 11.6 Å². The Morgan fingerprint density at radius 3 is 2.55 bits per heavy atom. The van der Waals surface area contributed by atoms with Gasteiger partial charge in [-0.1, -0.05) is 24.3 Å². The summed E-state index contributed by atoms with van der Waals surface area (Å²) in [4.78, 5) is 0. The predicted molar refractivity (Wildman–Crippen MR) is 73.1 cm³/mol. The SMILES string of the molecule is COc1cc(C(Cc2ccccc2F)NN)ccc1F. The Balaban J connectivity index is 2.26. The molecule has 20 heavy (non-hydrogen) atoms. The second kappa shape index (κ2) is 6.45. The van der Waals surface area contributed by atoms with Crippen molar-refractivity contribution in [3.8, 4) is 5.75 Å². The van der Waals surface area contributed by atoms with E-state index in [0.717, 1.165) is 5.56 Å². The molecule has 3 N–H and O–H groups in total. The number of hydrogen-bond donors (Lipinski definition) is 2. The maximum Gasteiger partial charge on any atom is 0.165 e. The van der Waals surface area contributed by atoms with Crippen LogP contribution < -0.4 is 16.0 Å². The van der Waals surface area contributed by atoms with Crippen LogP contribution in [0.4, 0.5) is 8.78 Å². The van der Waals surface area contributed by atoms with E-state index in [0.29, 0.717) is 12.0 Å². The average molecular weight is 278 g/mol. The van der Waals surface area contributed by atoms with Crippen LogP contribution in [0.1, 0.15) is 17.2 Å². The summed E-state index contributed by atoms with van der Waals surface area (Å²) < 4.78 is 32.0. The van der Waals surface area contributed by atoms with Gasteiger partial charge in [-0.05, 0) is 35.7 Å². The van der Waals surface area contributed by atoms with Crippen LogP contribution in [-0.4, -0.2) is 7.11 Å². The van der Waals surface area contributed by atoms with Crippen molar-refractivity contribution >= 4 is 0 Å². The molecular formula is C15H16F2N2O. The maximum atomic E-state index is 13.7. The van der Waals surface area contributed by atoms with E-state index in [4.69, 9.17) is 10.6 Å². The fourth-order valence-electron chi connectivity index (χ4n) is 2.05. The van der Waals surface area contributed by atoms with Crippen molar-refractivity contribution < 1.29 is 13.5 Å². The van der Waals surface area contributed by atoms with Gasteiger partial charge in [0.05, 0.1) is 13.2 Å². The van der Waals surface area contributed by atoms with Gasteiger partial charge < -0.3 is 4.74 Å². The highest BCUT2D eigenvalue weighted by atomic mass is 19.1. The van der Waals surface area contributed by atoms with Gasteiger partial charge in [0, 0.05) is 0 Å². The van der Waals surface area contributed by atoms with Crippen molar-refractivity contribution in [2.75, 3.05) is 7.11 Å². The molecule has 5 heteroatoms. The molecule has 0 bridgehead atoms. The van der Waals surface area contributed by atoms with Crippen molar-refractivity contribution in [2.24, 2.45) is 5.84 Å². The molecule has 0 aliphatic carbocycles. The standard InChI is InChI=1S/C15H16F2N2O/c1-20-15-9-11(6-7-13(15)17)14(19-18)8-10-4-2-3-5-12(10)16/h2-7,9,14,19H,8,18H2,1H3. The van der Waals surface area contributed by atoms with Gasteiger partial charge in [-0.2, -0.15) is 0 Å². The van der Waals surface area contributed by atoms with Gasteiger partial charge in [-0.25, -0.2) is 8.78 Å².